The van der Waals surface area contributed by atoms with E-state index in [4.69, 9.17) is 0 Å². The molecule has 0 bridgehead atoms. The number of halogens is 2. The molecule has 0 saturated carbocycles. The molecule has 0 unspecified atom stereocenters. The van der Waals surface area contributed by atoms with Gasteiger partial charge in [-0.25, -0.2) is 4.39 Å². The average molecular weight is 311 g/mol. The van der Waals surface area contributed by atoms with Crippen molar-refractivity contribution in [3.8, 4) is 0 Å². The number of nitrogens with one attached hydrogen (secondary N) is 1. The molecule has 0 aliphatic heterocycles. The molecule has 4 heteroatoms. The number of pyridine rings is 1. The first-order chi connectivity index (χ1) is 8.60. The summed E-state index contributed by atoms with van der Waals surface area (Å²) in [6.45, 7) is 6.80. The summed E-state index contributed by atoms with van der Waals surface area (Å²) < 4.78 is 14.9. The Balaban J connectivity index is 2.91. The zero-order valence-corrected chi connectivity index (χ0v) is 12.4. The van der Waals surface area contributed by atoms with Crippen molar-refractivity contribution in [3.05, 3.63) is 33.7 Å². The molecule has 0 atom stereocenters. The van der Waals surface area contributed by atoms with E-state index in [-0.39, 0.29) is 5.82 Å². The maximum Gasteiger partial charge on any atom is 0.134 e. The van der Waals surface area contributed by atoms with Crippen molar-refractivity contribution in [2.75, 3.05) is 11.9 Å². The number of hydrogen-bond donors (Lipinski definition) is 1. The standard InChI is InChI=1S/C14H16BrFN2/c1-4-9-8(3)18-14-10(15)6-7-11(16)12(14)13(9)17-5-2/h6-7H,4-5H2,1-3H3,(H,17,18). The molecule has 18 heavy (non-hydrogen) atoms. The Bertz CT molecular complexity index is 596. The summed E-state index contributed by atoms with van der Waals surface area (Å²) in [7, 11) is 0. The SMILES string of the molecule is CCNc1c(CC)c(C)nc2c(Br)ccc(F)c12. The van der Waals surface area contributed by atoms with Crippen molar-refractivity contribution in [2.24, 2.45) is 0 Å². The van der Waals surface area contributed by atoms with E-state index in [2.05, 4.69) is 33.2 Å². The van der Waals surface area contributed by atoms with Crippen LogP contribution >= 0.6 is 15.9 Å². The lowest BCUT2D eigenvalue weighted by atomic mass is 10.0. The molecule has 0 saturated heterocycles. The topological polar surface area (TPSA) is 24.9 Å². The lowest BCUT2D eigenvalue weighted by molar-refractivity contribution is 0.639. The van der Waals surface area contributed by atoms with Crippen LogP contribution in [0.1, 0.15) is 25.1 Å². The first-order valence-electron chi connectivity index (χ1n) is 6.11. The second-order valence-corrected chi connectivity index (χ2v) is 5.04. The molecule has 0 aliphatic carbocycles. The fraction of sp³-hybridized carbons (Fsp3) is 0.357. The third kappa shape index (κ3) is 2.09. The Morgan fingerprint density at radius 3 is 2.67 bits per heavy atom. The Morgan fingerprint density at radius 1 is 1.33 bits per heavy atom. The second-order valence-electron chi connectivity index (χ2n) is 4.19. The van der Waals surface area contributed by atoms with E-state index in [0.717, 1.165) is 34.4 Å². The highest BCUT2D eigenvalue weighted by molar-refractivity contribution is 9.10. The summed E-state index contributed by atoms with van der Waals surface area (Å²) in [5.41, 5.74) is 3.59. The van der Waals surface area contributed by atoms with E-state index < -0.39 is 0 Å². The van der Waals surface area contributed by atoms with Crippen molar-refractivity contribution in [3.63, 3.8) is 0 Å². The lowest BCUT2D eigenvalue weighted by Gasteiger charge is -2.16. The molecule has 2 rings (SSSR count). The summed E-state index contributed by atoms with van der Waals surface area (Å²) in [4.78, 5) is 4.52. The van der Waals surface area contributed by atoms with Crippen LogP contribution < -0.4 is 5.32 Å². The van der Waals surface area contributed by atoms with Crippen LogP contribution in [0, 0.1) is 12.7 Å². The van der Waals surface area contributed by atoms with Crippen LogP contribution in [0.25, 0.3) is 10.9 Å². The summed E-state index contributed by atoms with van der Waals surface area (Å²) in [6.07, 6.45) is 0.836. The Kier molecular flexibility index (Phi) is 3.85. The molecule has 0 fully saturated rings. The number of hydrogen-bond acceptors (Lipinski definition) is 2. The third-order valence-electron chi connectivity index (χ3n) is 3.05. The highest BCUT2D eigenvalue weighted by Crippen LogP contribution is 2.34. The Morgan fingerprint density at radius 2 is 2.06 bits per heavy atom. The number of anilines is 1. The van der Waals surface area contributed by atoms with E-state index in [0.29, 0.717) is 10.9 Å². The smallest absolute Gasteiger partial charge is 0.134 e. The van der Waals surface area contributed by atoms with Gasteiger partial charge in [0.25, 0.3) is 0 Å². The molecule has 96 valence electrons. The quantitative estimate of drug-likeness (QED) is 0.906. The summed E-state index contributed by atoms with van der Waals surface area (Å²) in [5, 5.41) is 3.86. The predicted octanol–water partition coefficient (Wildman–Crippen LogP) is 4.44. The van der Waals surface area contributed by atoms with Gasteiger partial charge in [0.1, 0.15) is 5.82 Å². The van der Waals surface area contributed by atoms with E-state index in [9.17, 15) is 4.39 Å². The van der Waals surface area contributed by atoms with Gasteiger partial charge in [-0.1, -0.05) is 6.92 Å². The molecule has 0 radical (unpaired) electrons. The van der Waals surface area contributed by atoms with Crippen molar-refractivity contribution in [1.82, 2.24) is 4.98 Å². The highest BCUT2D eigenvalue weighted by Gasteiger charge is 2.16. The minimum absolute atomic E-state index is 0.230. The molecule has 1 heterocycles. The predicted molar refractivity (Wildman–Crippen MR) is 77.7 cm³/mol. The first kappa shape index (κ1) is 13.3. The molecular weight excluding hydrogens is 295 g/mol. The van der Waals surface area contributed by atoms with Crippen molar-refractivity contribution < 1.29 is 4.39 Å². The van der Waals surface area contributed by atoms with Gasteiger partial charge in [0.2, 0.25) is 0 Å². The van der Waals surface area contributed by atoms with Crippen molar-refractivity contribution in [1.29, 1.82) is 0 Å². The van der Waals surface area contributed by atoms with Crippen LogP contribution in [0.15, 0.2) is 16.6 Å². The van der Waals surface area contributed by atoms with Crippen LogP contribution in [0.3, 0.4) is 0 Å². The summed E-state index contributed by atoms with van der Waals surface area (Å²) >= 11 is 3.44. The maximum atomic E-state index is 14.1. The third-order valence-corrected chi connectivity index (χ3v) is 3.69. The molecular formula is C14H16BrFN2. The number of benzene rings is 1. The van der Waals surface area contributed by atoms with Gasteiger partial charge in [-0.2, -0.15) is 0 Å². The van der Waals surface area contributed by atoms with Crippen LogP contribution in [-0.4, -0.2) is 11.5 Å². The zero-order chi connectivity index (χ0) is 13.3. The number of nitrogens with zero attached hydrogens (tertiary/aromatic N) is 1. The lowest BCUT2D eigenvalue weighted by Crippen LogP contribution is -2.06. The fourth-order valence-electron chi connectivity index (χ4n) is 2.26. The highest BCUT2D eigenvalue weighted by atomic mass is 79.9. The molecule has 2 nitrogen and oxygen atoms in total. The maximum absolute atomic E-state index is 14.1. The minimum Gasteiger partial charge on any atom is -0.384 e. The van der Waals surface area contributed by atoms with Crippen LogP contribution in [-0.2, 0) is 6.42 Å². The Labute approximate surface area is 115 Å². The van der Waals surface area contributed by atoms with Crippen molar-refractivity contribution >= 4 is 32.5 Å². The van der Waals surface area contributed by atoms with Gasteiger partial charge in [0, 0.05) is 16.7 Å². The normalized spacial score (nSPS) is 10.9. The van der Waals surface area contributed by atoms with Gasteiger partial charge in [-0.3, -0.25) is 4.98 Å². The molecule has 1 N–H and O–H groups in total. The zero-order valence-electron chi connectivity index (χ0n) is 10.8. The van der Waals surface area contributed by atoms with Crippen molar-refractivity contribution in [2.45, 2.75) is 27.2 Å². The number of aryl methyl sites for hydroxylation is 1. The molecule has 0 aliphatic rings. The van der Waals surface area contributed by atoms with Gasteiger partial charge < -0.3 is 5.32 Å². The number of fused-ring (bicyclic) bond motifs is 1. The summed E-state index contributed by atoms with van der Waals surface area (Å²) in [5.74, 6) is -0.230. The largest absolute Gasteiger partial charge is 0.384 e. The van der Waals surface area contributed by atoms with E-state index in [1.807, 2.05) is 13.8 Å². The van der Waals surface area contributed by atoms with E-state index in [1.54, 1.807) is 6.07 Å². The van der Waals surface area contributed by atoms with E-state index >= 15 is 0 Å². The van der Waals surface area contributed by atoms with Crippen LogP contribution in [0.4, 0.5) is 10.1 Å². The molecule has 1 aromatic carbocycles. The number of rotatable bonds is 3. The van der Waals surface area contributed by atoms with Gasteiger partial charge in [-0.05, 0) is 53.9 Å². The second kappa shape index (κ2) is 5.22. The van der Waals surface area contributed by atoms with Crippen LogP contribution in [0.5, 0.6) is 0 Å². The molecule has 1 aromatic heterocycles. The van der Waals surface area contributed by atoms with Crippen LogP contribution in [0.2, 0.25) is 0 Å². The fourth-order valence-corrected chi connectivity index (χ4v) is 2.68. The molecule has 2 aromatic rings. The number of aromatic nitrogens is 1. The summed E-state index contributed by atoms with van der Waals surface area (Å²) in [6, 6.07) is 3.18. The van der Waals surface area contributed by atoms with Gasteiger partial charge in [0.15, 0.2) is 0 Å². The van der Waals surface area contributed by atoms with E-state index in [1.165, 1.54) is 6.07 Å². The van der Waals surface area contributed by atoms with Gasteiger partial charge in [0.05, 0.1) is 16.6 Å². The molecule has 0 spiro atoms. The monoisotopic (exact) mass is 310 g/mol. The average Bonchev–Trinajstić information content (AvgIpc) is 2.34. The Hall–Kier alpha value is -1.16. The first-order valence-corrected chi connectivity index (χ1v) is 6.90. The van der Waals surface area contributed by atoms with Gasteiger partial charge >= 0.3 is 0 Å². The minimum atomic E-state index is -0.230. The van der Waals surface area contributed by atoms with Gasteiger partial charge in [-0.15, -0.1) is 0 Å². The molecule has 0 amide bonds.